The fraction of sp³-hybridized carbons (Fsp3) is 0.0455. The van der Waals surface area contributed by atoms with Gasteiger partial charge in [-0.1, -0.05) is 18.2 Å². The Bertz CT molecular complexity index is 1230. The van der Waals surface area contributed by atoms with Crippen LogP contribution in [0.15, 0.2) is 73.1 Å². The average Bonchev–Trinajstić information content (AvgIpc) is 3.17. The highest BCUT2D eigenvalue weighted by Gasteiger charge is 2.15. The Balaban J connectivity index is 1.61. The van der Waals surface area contributed by atoms with Crippen molar-refractivity contribution in [1.29, 1.82) is 0 Å². The van der Waals surface area contributed by atoms with Gasteiger partial charge in [-0.05, 0) is 48.5 Å². The first-order chi connectivity index (χ1) is 14.1. The molecule has 0 unspecified atom stereocenters. The summed E-state index contributed by atoms with van der Waals surface area (Å²) in [5.74, 6) is -1.36. The molecule has 0 aliphatic rings. The predicted octanol–water partition coefficient (Wildman–Crippen LogP) is 3.98. The molecule has 0 saturated heterocycles. The molecule has 144 valence electrons. The maximum atomic E-state index is 12.6. The molecule has 7 nitrogen and oxygen atoms in total. The highest BCUT2D eigenvalue weighted by atomic mass is 16.5. The van der Waals surface area contributed by atoms with Gasteiger partial charge >= 0.3 is 5.97 Å². The summed E-state index contributed by atoms with van der Waals surface area (Å²) >= 11 is 0. The van der Waals surface area contributed by atoms with E-state index in [4.69, 9.17) is 9.84 Å². The Morgan fingerprint density at radius 1 is 1.03 bits per heavy atom. The van der Waals surface area contributed by atoms with Crippen molar-refractivity contribution >= 4 is 28.6 Å². The monoisotopic (exact) mass is 387 g/mol. The van der Waals surface area contributed by atoms with E-state index in [2.05, 4.69) is 10.3 Å². The SMILES string of the molecule is COc1cc(C(=O)Nc2cccc(-n3cnc4ccccc43)c2)ccc1C(=O)O. The number of nitrogens with zero attached hydrogens (tertiary/aromatic N) is 2. The number of anilines is 1. The van der Waals surface area contributed by atoms with E-state index in [0.29, 0.717) is 11.3 Å². The number of hydrogen-bond acceptors (Lipinski definition) is 4. The lowest BCUT2D eigenvalue weighted by Gasteiger charge is -2.10. The molecule has 0 spiro atoms. The number of imidazole rings is 1. The van der Waals surface area contributed by atoms with E-state index < -0.39 is 5.97 Å². The van der Waals surface area contributed by atoms with E-state index in [1.807, 2.05) is 47.0 Å². The molecule has 1 heterocycles. The number of carboxylic acids is 1. The fourth-order valence-corrected chi connectivity index (χ4v) is 3.11. The normalized spacial score (nSPS) is 10.7. The Hall–Kier alpha value is -4.13. The van der Waals surface area contributed by atoms with Crippen molar-refractivity contribution in [3.63, 3.8) is 0 Å². The van der Waals surface area contributed by atoms with E-state index in [0.717, 1.165) is 16.7 Å². The molecule has 4 rings (SSSR count). The van der Waals surface area contributed by atoms with Gasteiger partial charge in [0.25, 0.3) is 5.91 Å². The highest BCUT2D eigenvalue weighted by Crippen LogP contribution is 2.23. The van der Waals surface area contributed by atoms with Gasteiger partial charge in [0.05, 0.1) is 18.1 Å². The lowest BCUT2D eigenvalue weighted by molar-refractivity contribution is 0.0692. The van der Waals surface area contributed by atoms with Crippen molar-refractivity contribution in [3.8, 4) is 11.4 Å². The van der Waals surface area contributed by atoms with E-state index in [-0.39, 0.29) is 17.2 Å². The van der Waals surface area contributed by atoms with Crippen molar-refractivity contribution in [2.45, 2.75) is 0 Å². The molecule has 0 fully saturated rings. The van der Waals surface area contributed by atoms with Crippen LogP contribution in [0.4, 0.5) is 5.69 Å². The number of carboxylic acid groups (broad SMARTS) is 1. The molecule has 0 aliphatic heterocycles. The van der Waals surface area contributed by atoms with Crippen LogP contribution in [0.3, 0.4) is 0 Å². The largest absolute Gasteiger partial charge is 0.496 e. The van der Waals surface area contributed by atoms with Crippen molar-refractivity contribution < 1.29 is 19.4 Å². The quantitative estimate of drug-likeness (QED) is 0.540. The third kappa shape index (κ3) is 3.53. The maximum absolute atomic E-state index is 12.6. The molecule has 0 bridgehead atoms. The van der Waals surface area contributed by atoms with Crippen molar-refractivity contribution in [2.75, 3.05) is 12.4 Å². The number of hydrogen-bond donors (Lipinski definition) is 2. The van der Waals surface area contributed by atoms with Gasteiger partial charge in [0.15, 0.2) is 0 Å². The van der Waals surface area contributed by atoms with Gasteiger partial charge in [0, 0.05) is 16.9 Å². The molecule has 0 saturated carbocycles. The lowest BCUT2D eigenvalue weighted by Crippen LogP contribution is -2.13. The van der Waals surface area contributed by atoms with Crippen molar-refractivity contribution in [2.24, 2.45) is 0 Å². The zero-order valence-electron chi connectivity index (χ0n) is 15.5. The van der Waals surface area contributed by atoms with Crippen LogP contribution in [-0.2, 0) is 0 Å². The molecule has 1 amide bonds. The summed E-state index contributed by atoms with van der Waals surface area (Å²) in [5, 5.41) is 12.0. The van der Waals surface area contributed by atoms with Crippen LogP contribution in [0.2, 0.25) is 0 Å². The van der Waals surface area contributed by atoms with Gasteiger partial charge in [-0.2, -0.15) is 0 Å². The summed E-state index contributed by atoms with van der Waals surface area (Å²) < 4.78 is 7.03. The molecular weight excluding hydrogens is 370 g/mol. The molecule has 3 aromatic carbocycles. The topological polar surface area (TPSA) is 93.5 Å². The van der Waals surface area contributed by atoms with Gasteiger partial charge in [0.2, 0.25) is 0 Å². The Morgan fingerprint density at radius 2 is 1.86 bits per heavy atom. The average molecular weight is 387 g/mol. The number of ether oxygens (including phenoxy) is 1. The number of fused-ring (bicyclic) bond motifs is 1. The Morgan fingerprint density at radius 3 is 2.66 bits per heavy atom. The molecule has 7 heteroatoms. The Kier molecular flexibility index (Phi) is 4.70. The number of amides is 1. The molecule has 29 heavy (non-hydrogen) atoms. The van der Waals surface area contributed by atoms with Crippen LogP contribution in [-0.4, -0.2) is 33.6 Å². The van der Waals surface area contributed by atoms with Crippen LogP contribution >= 0.6 is 0 Å². The molecule has 0 aliphatic carbocycles. The van der Waals surface area contributed by atoms with Crippen LogP contribution in [0.5, 0.6) is 5.75 Å². The maximum Gasteiger partial charge on any atom is 0.339 e. The summed E-state index contributed by atoms with van der Waals surface area (Å²) in [5.41, 5.74) is 3.60. The van der Waals surface area contributed by atoms with Gasteiger partial charge < -0.3 is 15.2 Å². The lowest BCUT2D eigenvalue weighted by atomic mass is 10.1. The molecule has 4 aromatic rings. The van der Waals surface area contributed by atoms with Crippen LogP contribution < -0.4 is 10.1 Å². The second kappa shape index (κ2) is 7.47. The van der Waals surface area contributed by atoms with Gasteiger partial charge in [-0.25, -0.2) is 9.78 Å². The van der Waals surface area contributed by atoms with E-state index in [9.17, 15) is 9.59 Å². The number of benzene rings is 3. The highest BCUT2D eigenvalue weighted by molar-refractivity contribution is 6.05. The standard InChI is InChI=1S/C22H17N3O4/c1-29-20-11-14(9-10-17(20)22(27)28)21(26)24-15-5-4-6-16(12-15)25-13-23-18-7-2-3-8-19(18)25/h2-13H,1H3,(H,24,26)(H,27,28). The summed E-state index contributed by atoms with van der Waals surface area (Å²) in [7, 11) is 1.36. The molecule has 0 atom stereocenters. The van der Waals surface area contributed by atoms with Crippen molar-refractivity contribution in [1.82, 2.24) is 9.55 Å². The minimum absolute atomic E-state index is 0.00182. The van der Waals surface area contributed by atoms with Gasteiger partial charge in [-0.15, -0.1) is 0 Å². The first-order valence-electron chi connectivity index (χ1n) is 8.82. The number of carbonyl (C=O) groups excluding carboxylic acids is 1. The number of nitrogens with one attached hydrogen (secondary N) is 1. The van der Waals surface area contributed by atoms with E-state index in [1.165, 1.54) is 25.3 Å². The van der Waals surface area contributed by atoms with E-state index in [1.54, 1.807) is 12.4 Å². The predicted molar refractivity (Wildman–Crippen MR) is 109 cm³/mol. The zero-order valence-corrected chi connectivity index (χ0v) is 15.5. The molecule has 2 N–H and O–H groups in total. The van der Waals surface area contributed by atoms with Crippen LogP contribution in [0, 0.1) is 0 Å². The summed E-state index contributed by atoms with van der Waals surface area (Å²) in [6.45, 7) is 0. The first kappa shape index (κ1) is 18.2. The number of rotatable bonds is 5. The van der Waals surface area contributed by atoms with Crippen molar-refractivity contribution in [3.05, 3.63) is 84.2 Å². The van der Waals surface area contributed by atoms with Gasteiger partial charge in [-0.3, -0.25) is 9.36 Å². The van der Waals surface area contributed by atoms with E-state index >= 15 is 0 Å². The summed E-state index contributed by atoms with van der Waals surface area (Å²) in [6.07, 6.45) is 1.74. The van der Waals surface area contributed by atoms with Crippen LogP contribution in [0.1, 0.15) is 20.7 Å². The molecule has 1 aromatic heterocycles. The number of carbonyl (C=O) groups is 2. The second-order valence-corrected chi connectivity index (χ2v) is 6.33. The number of aromatic nitrogens is 2. The minimum Gasteiger partial charge on any atom is -0.496 e. The molecular formula is C22H17N3O4. The summed E-state index contributed by atoms with van der Waals surface area (Å²) in [6, 6.07) is 19.4. The van der Waals surface area contributed by atoms with Gasteiger partial charge in [0.1, 0.15) is 17.6 Å². The number of methoxy groups -OCH3 is 1. The Labute approximate surface area is 166 Å². The minimum atomic E-state index is -1.12. The molecule has 0 radical (unpaired) electrons. The third-order valence-corrected chi connectivity index (χ3v) is 4.53. The fourth-order valence-electron chi connectivity index (χ4n) is 3.11. The number of aromatic carboxylic acids is 1. The summed E-state index contributed by atoms with van der Waals surface area (Å²) in [4.78, 5) is 28.2. The number of para-hydroxylation sites is 2. The second-order valence-electron chi connectivity index (χ2n) is 6.33. The van der Waals surface area contributed by atoms with Crippen LogP contribution in [0.25, 0.3) is 16.7 Å². The smallest absolute Gasteiger partial charge is 0.339 e. The first-order valence-corrected chi connectivity index (χ1v) is 8.82. The third-order valence-electron chi connectivity index (χ3n) is 4.53. The zero-order chi connectivity index (χ0) is 20.4.